The summed E-state index contributed by atoms with van der Waals surface area (Å²) in [6.45, 7) is 12.8. The summed E-state index contributed by atoms with van der Waals surface area (Å²) < 4.78 is 5.49. The first-order chi connectivity index (χ1) is 11.7. The van der Waals surface area contributed by atoms with Crippen LogP contribution < -0.4 is 5.32 Å². The molecular weight excluding hydrogens is 318 g/mol. The number of nitrogens with zero attached hydrogens (tertiary/aromatic N) is 2. The summed E-state index contributed by atoms with van der Waals surface area (Å²) >= 11 is 0. The van der Waals surface area contributed by atoms with Gasteiger partial charge in [0.1, 0.15) is 5.60 Å². The molecule has 0 aromatic carbocycles. The number of hydrogen-bond acceptors (Lipinski definition) is 4. The van der Waals surface area contributed by atoms with E-state index in [0.29, 0.717) is 18.6 Å². The maximum absolute atomic E-state index is 12.3. The van der Waals surface area contributed by atoms with E-state index in [1.165, 1.54) is 0 Å². The maximum atomic E-state index is 12.3. The normalized spacial score (nSPS) is 23.0. The van der Waals surface area contributed by atoms with Crippen molar-refractivity contribution in [3.63, 3.8) is 0 Å². The van der Waals surface area contributed by atoms with Crippen molar-refractivity contribution in [2.45, 2.75) is 78.0 Å². The first kappa shape index (κ1) is 20.0. The van der Waals surface area contributed by atoms with Crippen molar-refractivity contribution in [3.8, 4) is 0 Å². The second kappa shape index (κ2) is 8.39. The summed E-state index contributed by atoms with van der Waals surface area (Å²) in [6, 6.07) is 0.749. The van der Waals surface area contributed by atoms with Gasteiger partial charge < -0.3 is 19.9 Å². The molecule has 2 amide bonds. The van der Waals surface area contributed by atoms with Crippen molar-refractivity contribution in [2.75, 3.05) is 26.2 Å². The zero-order valence-corrected chi connectivity index (χ0v) is 16.5. The van der Waals surface area contributed by atoms with Crippen LogP contribution in [0.3, 0.4) is 0 Å². The summed E-state index contributed by atoms with van der Waals surface area (Å²) in [4.78, 5) is 28.1. The van der Waals surface area contributed by atoms with Crippen LogP contribution in [-0.2, 0) is 9.53 Å². The van der Waals surface area contributed by atoms with E-state index in [-0.39, 0.29) is 17.9 Å². The smallest absolute Gasteiger partial charge is 0.410 e. The van der Waals surface area contributed by atoms with Crippen LogP contribution in [0.1, 0.15) is 60.3 Å². The molecule has 0 aliphatic carbocycles. The molecule has 2 aliphatic heterocycles. The van der Waals surface area contributed by atoms with E-state index in [4.69, 9.17) is 4.74 Å². The van der Waals surface area contributed by atoms with Gasteiger partial charge in [0.2, 0.25) is 5.91 Å². The Morgan fingerprint density at radius 2 is 1.64 bits per heavy atom. The predicted octanol–water partition coefficient (Wildman–Crippen LogP) is 2.62. The highest BCUT2D eigenvalue weighted by molar-refractivity contribution is 5.78. The maximum Gasteiger partial charge on any atom is 0.410 e. The third kappa shape index (κ3) is 6.17. The van der Waals surface area contributed by atoms with Crippen LogP contribution in [0.15, 0.2) is 0 Å². The fraction of sp³-hybridized carbons (Fsp3) is 0.895. The molecule has 2 rings (SSSR count). The third-order valence-corrected chi connectivity index (χ3v) is 4.85. The average Bonchev–Trinajstić information content (AvgIpc) is 2.53. The topological polar surface area (TPSA) is 61.9 Å². The molecule has 0 aromatic heterocycles. The fourth-order valence-corrected chi connectivity index (χ4v) is 3.57. The summed E-state index contributed by atoms with van der Waals surface area (Å²) in [5.74, 6) is 0.331. The molecule has 0 radical (unpaired) electrons. The van der Waals surface area contributed by atoms with Gasteiger partial charge in [-0.25, -0.2) is 4.79 Å². The number of likely N-dealkylation sites (tertiary alicyclic amines) is 2. The molecule has 2 fully saturated rings. The number of carbonyl (C=O) groups is 2. The molecule has 1 unspecified atom stereocenters. The zero-order chi connectivity index (χ0) is 18.6. The Morgan fingerprint density at radius 1 is 1.00 bits per heavy atom. The first-order valence-corrected chi connectivity index (χ1v) is 9.68. The van der Waals surface area contributed by atoms with Crippen LogP contribution in [0.5, 0.6) is 0 Å². The Hall–Kier alpha value is -1.30. The van der Waals surface area contributed by atoms with Gasteiger partial charge >= 0.3 is 6.09 Å². The summed E-state index contributed by atoms with van der Waals surface area (Å²) in [5.41, 5.74) is -0.451. The summed E-state index contributed by atoms with van der Waals surface area (Å²) in [7, 11) is 0. The van der Waals surface area contributed by atoms with E-state index in [1.807, 2.05) is 44.4 Å². The third-order valence-electron chi connectivity index (χ3n) is 4.85. The number of amides is 2. The van der Waals surface area contributed by atoms with E-state index < -0.39 is 5.60 Å². The number of hydrogen-bond donors (Lipinski definition) is 1. The lowest BCUT2D eigenvalue weighted by atomic mass is 9.99. The van der Waals surface area contributed by atoms with Gasteiger partial charge in [-0.2, -0.15) is 0 Å². The van der Waals surface area contributed by atoms with Crippen molar-refractivity contribution >= 4 is 12.0 Å². The molecule has 0 aromatic rings. The second-order valence-corrected chi connectivity index (χ2v) is 8.69. The molecular formula is C19H35N3O3. The van der Waals surface area contributed by atoms with Crippen molar-refractivity contribution in [1.82, 2.24) is 15.1 Å². The van der Waals surface area contributed by atoms with E-state index in [1.54, 1.807) is 0 Å². The second-order valence-electron chi connectivity index (χ2n) is 8.69. The van der Waals surface area contributed by atoms with Crippen LogP contribution in [0.4, 0.5) is 4.79 Å². The van der Waals surface area contributed by atoms with Crippen molar-refractivity contribution < 1.29 is 14.3 Å². The first-order valence-electron chi connectivity index (χ1n) is 9.68. The van der Waals surface area contributed by atoms with Crippen LogP contribution in [0, 0.1) is 5.92 Å². The minimum absolute atomic E-state index is 0.0743. The molecule has 1 N–H and O–H groups in total. The van der Waals surface area contributed by atoms with Gasteiger partial charge in [-0.05, 0) is 46.5 Å². The van der Waals surface area contributed by atoms with Crippen LogP contribution in [0.2, 0.25) is 0 Å². The number of ether oxygens (including phenoxy) is 1. The van der Waals surface area contributed by atoms with Crippen LogP contribution in [-0.4, -0.2) is 65.7 Å². The van der Waals surface area contributed by atoms with Gasteiger partial charge in [-0.3, -0.25) is 4.79 Å². The molecule has 144 valence electrons. The number of carbonyl (C=O) groups excluding carboxylic acids is 2. The highest BCUT2D eigenvalue weighted by Gasteiger charge is 2.30. The van der Waals surface area contributed by atoms with Gasteiger partial charge in [0.15, 0.2) is 0 Å². The lowest BCUT2D eigenvalue weighted by Gasteiger charge is -2.39. The predicted molar refractivity (Wildman–Crippen MR) is 98.4 cm³/mol. The van der Waals surface area contributed by atoms with E-state index in [0.717, 1.165) is 45.3 Å². The largest absolute Gasteiger partial charge is 0.444 e. The van der Waals surface area contributed by atoms with Gasteiger partial charge in [-0.1, -0.05) is 13.8 Å². The number of rotatable bonds is 3. The Morgan fingerprint density at radius 3 is 2.20 bits per heavy atom. The van der Waals surface area contributed by atoms with Gasteiger partial charge in [0.05, 0.1) is 0 Å². The van der Waals surface area contributed by atoms with E-state index in [9.17, 15) is 9.59 Å². The van der Waals surface area contributed by atoms with E-state index >= 15 is 0 Å². The molecule has 2 saturated heterocycles. The standard InChI is InChI=1S/C19H35N3O3/c1-14(2)17(23)21-11-8-15(9-12-21)20-16-7-6-10-22(13-16)18(24)25-19(3,4)5/h14-16,20H,6-13H2,1-5H3. The molecule has 6 heteroatoms. The Bertz CT molecular complexity index is 465. The molecule has 6 nitrogen and oxygen atoms in total. The van der Waals surface area contributed by atoms with Crippen LogP contribution in [0.25, 0.3) is 0 Å². The average molecular weight is 354 g/mol. The highest BCUT2D eigenvalue weighted by Crippen LogP contribution is 2.18. The fourth-order valence-electron chi connectivity index (χ4n) is 3.57. The Kier molecular flexibility index (Phi) is 6.72. The lowest BCUT2D eigenvalue weighted by molar-refractivity contribution is -0.135. The lowest BCUT2D eigenvalue weighted by Crippen LogP contribution is -2.54. The summed E-state index contributed by atoms with van der Waals surface area (Å²) in [6.07, 6.45) is 3.85. The van der Waals surface area contributed by atoms with Gasteiger partial charge in [-0.15, -0.1) is 0 Å². The van der Waals surface area contributed by atoms with Crippen LogP contribution >= 0.6 is 0 Å². The SMILES string of the molecule is CC(C)C(=O)N1CCC(NC2CCCN(C(=O)OC(C)(C)C)C2)CC1. The quantitative estimate of drug-likeness (QED) is 0.847. The Balaban J connectivity index is 1.78. The molecule has 0 bridgehead atoms. The molecule has 2 heterocycles. The van der Waals surface area contributed by atoms with Crippen molar-refractivity contribution in [3.05, 3.63) is 0 Å². The number of nitrogens with one attached hydrogen (secondary N) is 1. The van der Waals surface area contributed by atoms with Crippen molar-refractivity contribution in [1.29, 1.82) is 0 Å². The van der Waals surface area contributed by atoms with Crippen molar-refractivity contribution in [2.24, 2.45) is 5.92 Å². The van der Waals surface area contributed by atoms with Gasteiger partial charge in [0, 0.05) is 44.2 Å². The zero-order valence-electron chi connectivity index (χ0n) is 16.5. The molecule has 0 saturated carbocycles. The monoisotopic (exact) mass is 353 g/mol. The molecule has 2 aliphatic rings. The van der Waals surface area contributed by atoms with Gasteiger partial charge in [0.25, 0.3) is 0 Å². The summed E-state index contributed by atoms with van der Waals surface area (Å²) in [5, 5.41) is 3.71. The number of piperidine rings is 2. The Labute approximate surface area is 152 Å². The minimum atomic E-state index is -0.451. The highest BCUT2D eigenvalue weighted by atomic mass is 16.6. The molecule has 25 heavy (non-hydrogen) atoms. The molecule has 1 atom stereocenters. The molecule has 0 spiro atoms. The minimum Gasteiger partial charge on any atom is -0.444 e. The van der Waals surface area contributed by atoms with E-state index in [2.05, 4.69) is 5.32 Å².